The zero-order valence-electron chi connectivity index (χ0n) is 14.3. The maximum atomic E-state index is 13.9. The molecule has 1 saturated carbocycles. The fraction of sp³-hybridized carbons (Fsp3) is 0.350. The van der Waals surface area contributed by atoms with E-state index in [1.165, 1.54) is 25.3 Å². The second kappa shape index (κ2) is 6.88. The second-order valence-electron chi connectivity index (χ2n) is 7.04. The molecule has 2 N–H and O–H groups in total. The Morgan fingerprint density at radius 2 is 1.81 bits per heavy atom. The highest BCUT2D eigenvalue weighted by Crippen LogP contribution is 2.34. The predicted molar refractivity (Wildman–Crippen MR) is 101 cm³/mol. The number of fused-ring (bicyclic) bond motifs is 1. The van der Waals surface area contributed by atoms with Crippen LogP contribution in [0.5, 0.6) is 0 Å². The van der Waals surface area contributed by atoms with Gasteiger partial charge in [0.2, 0.25) is 0 Å². The van der Waals surface area contributed by atoms with Crippen LogP contribution in [0.1, 0.15) is 32.1 Å². The lowest BCUT2D eigenvalue weighted by Gasteiger charge is -2.23. The molecule has 3 nitrogen and oxygen atoms in total. The Bertz CT molecular complexity index is 961. The molecule has 0 radical (unpaired) electrons. The fourth-order valence-corrected chi connectivity index (χ4v) is 4.06. The molecule has 1 heterocycles. The summed E-state index contributed by atoms with van der Waals surface area (Å²) >= 11 is 6.01. The van der Waals surface area contributed by atoms with E-state index >= 15 is 0 Å². The summed E-state index contributed by atoms with van der Waals surface area (Å²) in [6, 6.07) is 7.61. The minimum Gasteiger partial charge on any atom is -0.398 e. The normalized spacial score (nSPS) is 15.7. The molecular weight excluding hydrogens is 356 g/mol. The molecule has 0 bridgehead atoms. The Labute approximate surface area is 155 Å². The third kappa shape index (κ3) is 3.16. The Morgan fingerprint density at radius 1 is 1.08 bits per heavy atom. The molecule has 1 aliphatic carbocycles. The zero-order chi connectivity index (χ0) is 18.3. The zero-order valence-corrected chi connectivity index (χ0v) is 15.1. The number of nitrogen functional groups attached to an aromatic ring is 1. The summed E-state index contributed by atoms with van der Waals surface area (Å²) in [6.07, 6.45) is 5.95. The molecule has 0 unspecified atom stereocenters. The van der Waals surface area contributed by atoms with E-state index in [1.54, 1.807) is 12.1 Å². The first-order valence-corrected chi connectivity index (χ1v) is 9.31. The van der Waals surface area contributed by atoms with Gasteiger partial charge in [-0.25, -0.2) is 13.8 Å². The Balaban J connectivity index is 1.88. The van der Waals surface area contributed by atoms with E-state index in [9.17, 15) is 8.78 Å². The molecule has 1 fully saturated rings. The van der Waals surface area contributed by atoms with Gasteiger partial charge in [-0.2, -0.15) is 0 Å². The predicted octanol–water partition coefficient (Wildman–Crippen LogP) is 5.80. The number of rotatable bonds is 3. The van der Waals surface area contributed by atoms with Crippen molar-refractivity contribution in [3.63, 3.8) is 0 Å². The molecule has 0 spiro atoms. The SMILES string of the molecule is Nc1cc(Cl)ccc1-c1nc2cc(F)c(F)cc2n1CC1CCCCC1. The second-order valence-corrected chi connectivity index (χ2v) is 7.47. The Morgan fingerprint density at radius 3 is 2.54 bits per heavy atom. The summed E-state index contributed by atoms with van der Waals surface area (Å²) in [5.41, 5.74) is 8.40. The molecule has 2 aromatic carbocycles. The molecule has 0 aliphatic heterocycles. The van der Waals surface area contributed by atoms with Crippen molar-refractivity contribution in [2.24, 2.45) is 5.92 Å². The van der Waals surface area contributed by atoms with E-state index in [0.717, 1.165) is 31.0 Å². The van der Waals surface area contributed by atoms with Gasteiger partial charge in [0.05, 0.1) is 11.0 Å². The average molecular weight is 376 g/mol. The van der Waals surface area contributed by atoms with Crippen LogP contribution in [-0.2, 0) is 6.54 Å². The topological polar surface area (TPSA) is 43.8 Å². The van der Waals surface area contributed by atoms with Crippen molar-refractivity contribution in [2.75, 3.05) is 5.73 Å². The van der Waals surface area contributed by atoms with Crippen LogP contribution in [0, 0.1) is 17.6 Å². The molecule has 1 aliphatic rings. The molecule has 0 saturated heterocycles. The fourth-order valence-electron chi connectivity index (χ4n) is 3.88. The van der Waals surface area contributed by atoms with Gasteiger partial charge < -0.3 is 10.3 Å². The monoisotopic (exact) mass is 375 g/mol. The van der Waals surface area contributed by atoms with Gasteiger partial charge in [-0.1, -0.05) is 30.9 Å². The van der Waals surface area contributed by atoms with Gasteiger partial charge in [0.1, 0.15) is 5.82 Å². The van der Waals surface area contributed by atoms with Crippen molar-refractivity contribution >= 4 is 28.3 Å². The summed E-state index contributed by atoms with van der Waals surface area (Å²) in [4.78, 5) is 4.57. The summed E-state index contributed by atoms with van der Waals surface area (Å²) in [6.45, 7) is 0.721. The van der Waals surface area contributed by atoms with Crippen molar-refractivity contribution < 1.29 is 8.78 Å². The van der Waals surface area contributed by atoms with E-state index in [1.807, 2.05) is 10.6 Å². The number of aromatic nitrogens is 2. The first kappa shape index (κ1) is 17.3. The van der Waals surface area contributed by atoms with E-state index < -0.39 is 11.6 Å². The summed E-state index contributed by atoms with van der Waals surface area (Å²) < 4.78 is 29.6. The molecular formula is C20H20ClF2N3. The van der Waals surface area contributed by atoms with Gasteiger partial charge >= 0.3 is 0 Å². The van der Waals surface area contributed by atoms with Crippen molar-refractivity contribution in [1.29, 1.82) is 0 Å². The van der Waals surface area contributed by atoms with Gasteiger partial charge in [-0.15, -0.1) is 0 Å². The maximum Gasteiger partial charge on any atom is 0.161 e. The molecule has 1 aromatic heterocycles. The van der Waals surface area contributed by atoms with Gasteiger partial charge in [0.25, 0.3) is 0 Å². The average Bonchev–Trinajstić information content (AvgIpc) is 2.94. The van der Waals surface area contributed by atoms with Crippen molar-refractivity contribution in [3.8, 4) is 11.4 Å². The molecule has 6 heteroatoms. The third-order valence-electron chi connectivity index (χ3n) is 5.21. The van der Waals surface area contributed by atoms with Gasteiger partial charge in [-0.3, -0.25) is 0 Å². The van der Waals surface area contributed by atoms with Gasteiger partial charge in [0.15, 0.2) is 11.6 Å². The lowest BCUT2D eigenvalue weighted by Crippen LogP contribution is -2.15. The number of nitrogens with zero attached hydrogens (tertiary/aromatic N) is 2. The van der Waals surface area contributed by atoms with Gasteiger partial charge in [-0.05, 0) is 37.0 Å². The number of hydrogen-bond acceptors (Lipinski definition) is 2. The van der Waals surface area contributed by atoms with E-state index in [-0.39, 0.29) is 0 Å². The van der Waals surface area contributed by atoms with E-state index in [2.05, 4.69) is 4.98 Å². The molecule has 26 heavy (non-hydrogen) atoms. The lowest BCUT2D eigenvalue weighted by molar-refractivity contribution is 0.323. The minimum absolute atomic E-state index is 0.434. The number of halogens is 3. The Kier molecular flexibility index (Phi) is 4.57. The quantitative estimate of drug-likeness (QED) is 0.588. The first-order valence-electron chi connectivity index (χ1n) is 8.93. The van der Waals surface area contributed by atoms with Crippen LogP contribution in [0.15, 0.2) is 30.3 Å². The van der Waals surface area contributed by atoms with Crippen LogP contribution >= 0.6 is 11.6 Å². The molecule has 3 aromatic rings. The summed E-state index contributed by atoms with van der Waals surface area (Å²) in [5, 5.41) is 0.540. The number of anilines is 1. The molecule has 0 atom stereocenters. The van der Waals surface area contributed by atoms with Crippen LogP contribution in [0.25, 0.3) is 22.4 Å². The first-order chi connectivity index (χ1) is 12.5. The van der Waals surface area contributed by atoms with Crippen LogP contribution in [0.3, 0.4) is 0 Å². The number of hydrogen-bond donors (Lipinski definition) is 1. The highest BCUT2D eigenvalue weighted by Gasteiger charge is 2.21. The van der Waals surface area contributed by atoms with Crippen molar-refractivity contribution in [1.82, 2.24) is 9.55 Å². The highest BCUT2D eigenvalue weighted by molar-refractivity contribution is 6.31. The van der Waals surface area contributed by atoms with Crippen LogP contribution < -0.4 is 5.73 Å². The maximum absolute atomic E-state index is 13.9. The lowest BCUT2D eigenvalue weighted by atomic mass is 9.89. The third-order valence-corrected chi connectivity index (χ3v) is 5.45. The summed E-state index contributed by atoms with van der Waals surface area (Å²) in [7, 11) is 0. The Hall–Kier alpha value is -2.14. The number of imidazole rings is 1. The summed E-state index contributed by atoms with van der Waals surface area (Å²) in [5.74, 6) is -0.625. The van der Waals surface area contributed by atoms with Crippen molar-refractivity contribution in [3.05, 3.63) is 47.0 Å². The number of benzene rings is 2. The minimum atomic E-state index is -0.893. The molecule has 136 valence electrons. The standard InChI is InChI=1S/C20H20ClF2N3/c21-13-6-7-14(17(24)8-13)20-25-18-9-15(22)16(23)10-19(18)26(20)11-12-4-2-1-3-5-12/h6-10,12H,1-5,11,24H2. The van der Waals surface area contributed by atoms with Crippen LogP contribution in [-0.4, -0.2) is 9.55 Å². The van der Waals surface area contributed by atoms with Crippen LogP contribution in [0.2, 0.25) is 5.02 Å². The molecule has 0 amide bonds. The van der Waals surface area contributed by atoms with Crippen LogP contribution in [0.4, 0.5) is 14.5 Å². The number of nitrogens with two attached hydrogens (primary N) is 1. The molecule has 4 rings (SSSR count). The highest BCUT2D eigenvalue weighted by atomic mass is 35.5. The van der Waals surface area contributed by atoms with E-state index in [0.29, 0.717) is 33.5 Å². The van der Waals surface area contributed by atoms with E-state index in [4.69, 9.17) is 17.3 Å². The smallest absolute Gasteiger partial charge is 0.161 e. The van der Waals surface area contributed by atoms with Crippen molar-refractivity contribution in [2.45, 2.75) is 38.6 Å². The van der Waals surface area contributed by atoms with Gasteiger partial charge in [0, 0.05) is 35.0 Å². The largest absolute Gasteiger partial charge is 0.398 e.